The number of aliphatic imine (C=N–C) groups is 1. The number of aryl methyl sites for hydroxylation is 2. The van der Waals surface area contributed by atoms with E-state index in [9.17, 15) is 8.78 Å². The van der Waals surface area contributed by atoms with Crippen molar-refractivity contribution in [2.75, 3.05) is 13.1 Å². The average Bonchev–Trinajstić information content (AvgIpc) is 2.85. The van der Waals surface area contributed by atoms with Gasteiger partial charge in [0.2, 0.25) is 0 Å². The van der Waals surface area contributed by atoms with E-state index >= 15 is 0 Å². The lowest BCUT2D eigenvalue weighted by atomic mass is 10.1. The molecule has 130 valence electrons. The molecule has 1 aromatic carbocycles. The summed E-state index contributed by atoms with van der Waals surface area (Å²) < 4.78 is 26.5. The summed E-state index contributed by atoms with van der Waals surface area (Å²) in [7, 11) is 0. The molecule has 0 aliphatic rings. The molecular weight excluding hydrogens is 330 g/mol. The van der Waals surface area contributed by atoms with Crippen LogP contribution in [0, 0.1) is 25.5 Å². The van der Waals surface area contributed by atoms with Crippen LogP contribution in [0.4, 0.5) is 8.78 Å². The van der Waals surface area contributed by atoms with Crippen molar-refractivity contribution in [1.29, 1.82) is 0 Å². The number of rotatable bonds is 6. The maximum atomic E-state index is 13.6. The summed E-state index contributed by atoms with van der Waals surface area (Å²) in [5.74, 6) is -0.425. The second kappa shape index (κ2) is 8.73. The maximum absolute atomic E-state index is 13.6. The Labute approximate surface area is 145 Å². The van der Waals surface area contributed by atoms with Gasteiger partial charge in [-0.05, 0) is 38.8 Å². The molecule has 2 rings (SSSR count). The Hall–Kier alpha value is -2.02. The number of guanidine groups is 1. The molecule has 0 saturated carbocycles. The fraction of sp³-hybridized carbons (Fsp3) is 0.412. The summed E-state index contributed by atoms with van der Waals surface area (Å²) >= 11 is 1.64. The predicted molar refractivity (Wildman–Crippen MR) is 94.5 cm³/mol. The highest BCUT2D eigenvalue weighted by molar-refractivity contribution is 7.11. The fourth-order valence-electron chi connectivity index (χ4n) is 2.14. The minimum Gasteiger partial charge on any atom is -0.357 e. The van der Waals surface area contributed by atoms with Crippen LogP contribution < -0.4 is 10.6 Å². The molecule has 2 aromatic rings. The molecule has 0 atom stereocenters. The normalized spacial score (nSPS) is 11.6. The highest BCUT2D eigenvalue weighted by atomic mass is 32.1. The van der Waals surface area contributed by atoms with Crippen LogP contribution in [0.25, 0.3) is 0 Å². The summed E-state index contributed by atoms with van der Waals surface area (Å²) in [6, 6.07) is 3.64. The average molecular weight is 352 g/mol. The van der Waals surface area contributed by atoms with Crippen molar-refractivity contribution < 1.29 is 8.78 Å². The Morgan fingerprint density at radius 2 is 2.04 bits per heavy atom. The van der Waals surface area contributed by atoms with Crippen molar-refractivity contribution in [1.82, 2.24) is 15.6 Å². The van der Waals surface area contributed by atoms with Crippen LogP contribution in [0.1, 0.15) is 28.1 Å². The van der Waals surface area contributed by atoms with E-state index in [-0.39, 0.29) is 0 Å². The van der Waals surface area contributed by atoms with E-state index in [2.05, 4.69) is 20.6 Å². The maximum Gasteiger partial charge on any atom is 0.191 e. The summed E-state index contributed by atoms with van der Waals surface area (Å²) in [4.78, 5) is 10.2. The molecule has 1 heterocycles. The number of aromatic nitrogens is 1. The van der Waals surface area contributed by atoms with Gasteiger partial charge in [-0.25, -0.2) is 18.8 Å². The zero-order valence-corrected chi connectivity index (χ0v) is 14.9. The SMILES string of the molecule is CCNC(=NCc1nc(C)c(C)s1)NCCc1ccc(F)cc1F. The summed E-state index contributed by atoms with van der Waals surface area (Å²) in [5, 5.41) is 7.27. The van der Waals surface area contributed by atoms with Gasteiger partial charge < -0.3 is 10.6 Å². The zero-order chi connectivity index (χ0) is 17.5. The van der Waals surface area contributed by atoms with Gasteiger partial charge in [0, 0.05) is 24.0 Å². The summed E-state index contributed by atoms with van der Waals surface area (Å²) in [5.41, 5.74) is 1.51. The van der Waals surface area contributed by atoms with Crippen molar-refractivity contribution in [3.63, 3.8) is 0 Å². The third-order valence-corrected chi connectivity index (χ3v) is 4.55. The van der Waals surface area contributed by atoms with Crippen LogP contribution >= 0.6 is 11.3 Å². The molecule has 2 N–H and O–H groups in total. The Bertz CT molecular complexity index is 693. The molecule has 0 amide bonds. The second-order valence-electron chi connectivity index (χ2n) is 5.36. The van der Waals surface area contributed by atoms with Crippen LogP contribution in [-0.4, -0.2) is 24.0 Å². The van der Waals surface area contributed by atoms with E-state index < -0.39 is 11.6 Å². The van der Waals surface area contributed by atoms with E-state index in [1.54, 1.807) is 11.3 Å². The van der Waals surface area contributed by atoms with Gasteiger partial charge >= 0.3 is 0 Å². The summed E-state index contributed by atoms with van der Waals surface area (Å²) in [6.07, 6.45) is 0.450. The zero-order valence-electron chi connectivity index (χ0n) is 14.1. The number of benzene rings is 1. The molecule has 4 nitrogen and oxygen atoms in total. The molecule has 0 bridgehead atoms. The number of hydrogen-bond donors (Lipinski definition) is 2. The number of nitrogens with one attached hydrogen (secondary N) is 2. The fourth-order valence-corrected chi connectivity index (χ4v) is 2.99. The molecule has 0 radical (unpaired) electrons. The first kappa shape index (κ1) is 18.3. The lowest BCUT2D eigenvalue weighted by molar-refractivity contribution is 0.570. The van der Waals surface area contributed by atoms with E-state index in [4.69, 9.17) is 0 Å². The minimum atomic E-state index is -0.562. The van der Waals surface area contributed by atoms with Crippen molar-refractivity contribution in [2.45, 2.75) is 33.7 Å². The lowest BCUT2D eigenvalue weighted by Crippen LogP contribution is -2.38. The molecule has 0 aliphatic heterocycles. The third kappa shape index (κ3) is 5.26. The number of nitrogens with zero attached hydrogens (tertiary/aromatic N) is 2. The highest BCUT2D eigenvalue weighted by Gasteiger charge is 2.06. The molecule has 0 fully saturated rings. The smallest absolute Gasteiger partial charge is 0.191 e. The van der Waals surface area contributed by atoms with E-state index in [0.29, 0.717) is 31.0 Å². The topological polar surface area (TPSA) is 49.3 Å². The van der Waals surface area contributed by atoms with Gasteiger partial charge in [0.05, 0.1) is 12.2 Å². The second-order valence-corrected chi connectivity index (χ2v) is 6.64. The quantitative estimate of drug-likeness (QED) is 0.619. The third-order valence-electron chi connectivity index (χ3n) is 3.49. The molecule has 0 saturated heterocycles. The number of hydrogen-bond acceptors (Lipinski definition) is 3. The van der Waals surface area contributed by atoms with Gasteiger partial charge in [0.25, 0.3) is 0 Å². The largest absolute Gasteiger partial charge is 0.357 e. The van der Waals surface area contributed by atoms with Crippen LogP contribution in [0.3, 0.4) is 0 Å². The highest BCUT2D eigenvalue weighted by Crippen LogP contribution is 2.17. The van der Waals surface area contributed by atoms with Gasteiger partial charge in [-0.1, -0.05) is 6.07 Å². The minimum absolute atomic E-state index is 0.450. The summed E-state index contributed by atoms with van der Waals surface area (Å²) in [6.45, 7) is 7.74. The van der Waals surface area contributed by atoms with Crippen molar-refractivity contribution >= 4 is 17.3 Å². The van der Waals surface area contributed by atoms with Crippen LogP contribution in [-0.2, 0) is 13.0 Å². The Morgan fingerprint density at radius 1 is 1.25 bits per heavy atom. The van der Waals surface area contributed by atoms with Crippen LogP contribution in [0.2, 0.25) is 0 Å². The molecule has 0 aliphatic carbocycles. The van der Waals surface area contributed by atoms with Gasteiger partial charge in [-0.2, -0.15) is 0 Å². The van der Waals surface area contributed by atoms with E-state index in [1.807, 2.05) is 20.8 Å². The first-order valence-electron chi connectivity index (χ1n) is 7.88. The molecule has 0 spiro atoms. The molecule has 24 heavy (non-hydrogen) atoms. The van der Waals surface area contributed by atoms with Gasteiger partial charge in [-0.3, -0.25) is 0 Å². The molecule has 7 heteroatoms. The van der Waals surface area contributed by atoms with Gasteiger partial charge in [0.15, 0.2) is 5.96 Å². The van der Waals surface area contributed by atoms with Gasteiger partial charge in [-0.15, -0.1) is 11.3 Å². The molecule has 0 unspecified atom stereocenters. The lowest BCUT2D eigenvalue weighted by Gasteiger charge is -2.11. The van der Waals surface area contributed by atoms with Crippen LogP contribution in [0.5, 0.6) is 0 Å². The van der Waals surface area contributed by atoms with Gasteiger partial charge in [0.1, 0.15) is 16.6 Å². The van der Waals surface area contributed by atoms with Crippen molar-refractivity contribution in [3.8, 4) is 0 Å². The van der Waals surface area contributed by atoms with E-state index in [0.717, 1.165) is 23.3 Å². The van der Waals surface area contributed by atoms with Crippen LogP contribution in [0.15, 0.2) is 23.2 Å². The number of halogens is 2. The monoisotopic (exact) mass is 352 g/mol. The Morgan fingerprint density at radius 3 is 2.67 bits per heavy atom. The predicted octanol–water partition coefficient (Wildman–Crippen LogP) is 3.34. The molecule has 1 aromatic heterocycles. The first-order chi connectivity index (χ1) is 11.5. The Balaban J connectivity index is 1.91. The van der Waals surface area contributed by atoms with Crippen molar-refractivity contribution in [2.24, 2.45) is 4.99 Å². The number of thiazole rings is 1. The van der Waals surface area contributed by atoms with Crippen molar-refractivity contribution in [3.05, 3.63) is 51.0 Å². The molecular formula is C17H22F2N4S. The van der Waals surface area contributed by atoms with E-state index in [1.165, 1.54) is 17.0 Å². The first-order valence-corrected chi connectivity index (χ1v) is 8.70. The standard InChI is InChI=1S/C17H22F2N4S/c1-4-20-17(22-10-16-23-11(2)12(3)24-16)21-8-7-13-5-6-14(18)9-15(13)19/h5-6,9H,4,7-8,10H2,1-3H3,(H2,20,21,22). The Kier molecular flexibility index (Phi) is 6.66.